The van der Waals surface area contributed by atoms with E-state index in [2.05, 4.69) is 46.0 Å². The molecule has 0 bridgehead atoms. The minimum absolute atomic E-state index is 0.0964. The van der Waals surface area contributed by atoms with Crippen LogP contribution in [0.5, 0.6) is 0 Å². The van der Waals surface area contributed by atoms with Crippen molar-refractivity contribution in [2.75, 3.05) is 11.4 Å². The van der Waals surface area contributed by atoms with Gasteiger partial charge in [0.2, 0.25) is 0 Å². The number of nitrogens with zero attached hydrogens (tertiary/aromatic N) is 1. The zero-order chi connectivity index (χ0) is 12.4. The van der Waals surface area contributed by atoms with Gasteiger partial charge in [-0.1, -0.05) is 6.07 Å². The van der Waals surface area contributed by atoms with Crippen LogP contribution in [0.3, 0.4) is 0 Å². The first-order valence-electron chi connectivity index (χ1n) is 6.41. The first kappa shape index (κ1) is 12.9. The van der Waals surface area contributed by atoms with Gasteiger partial charge in [0.15, 0.2) is 0 Å². The third-order valence-electron chi connectivity index (χ3n) is 3.61. The largest absolute Gasteiger partial charge is 0.368 e. The van der Waals surface area contributed by atoms with E-state index < -0.39 is 0 Å². The van der Waals surface area contributed by atoms with Crippen molar-refractivity contribution in [3.8, 4) is 0 Å². The quantitative estimate of drug-likeness (QED) is 0.898. The number of nitrogens with two attached hydrogens (primary N) is 1. The van der Waals surface area contributed by atoms with E-state index >= 15 is 0 Å². The van der Waals surface area contributed by atoms with Gasteiger partial charge in [0.05, 0.1) is 5.69 Å². The maximum Gasteiger partial charge on any atom is 0.0513 e. The van der Waals surface area contributed by atoms with Gasteiger partial charge >= 0.3 is 0 Å². The van der Waals surface area contributed by atoms with Gasteiger partial charge in [0.25, 0.3) is 0 Å². The summed E-state index contributed by atoms with van der Waals surface area (Å²) in [5.41, 5.74) is 8.40. The summed E-state index contributed by atoms with van der Waals surface area (Å²) in [7, 11) is 0. The summed E-state index contributed by atoms with van der Waals surface area (Å²) in [6, 6.07) is 7.23. The summed E-state index contributed by atoms with van der Waals surface area (Å²) >= 11 is 3.68. The average Bonchev–Trinajstić information content (AvgIpc) is 2.30. The molecular formula is C14H21BrN2. The zero-order valence-electron chi connectivity index (χ0n) is 10.6. The predicted octanol–water partition coefficient (Wildman–Crippen LogP) is 3.85. The first-order valence-corrected chi connectivity index (χ1v) is 7.20. The lowest BCUT2D eigenvalue weighted by Gasteiger charge is -2.36. The molecule has 3 heteroatoms. The zero-order valence-corrected chi connectivity index (χ0v) is 12.2. The number of halogens is 1. The third kappa shape index (κ3) is 2.83. The molecule has 1 fully saturated rings. The lowest BCUT2D eigenvalue weighted by atomic mass is 10.0. The Labute approximate surface area is 112 Å². The van der Waals surface area contributed by atoms with Gasteiger partial charge in [0.1, 0.15) is 0 Å². The van der Waals surface area contributed by atoms with Gasteiger partial charge in [-0.3, -0.25) is 0 Å². The van der Waals surface area contributed by atoms with Gasteiger partial charge in [-0.25, -0.2) is 0 Å². The van der Waals surface area contributed by atoms with E-state index in [9.17, 15) is 0 Å². The molecule has 2 rings (SSSR count). The molecular weight excluding hydrogens is 276 g/mol. The minimum Gasteiger partial charge on any atom is -0.368 e. The fourth-order valence-electron chi connectivity index (χ4n) is 2.50. The SMILES string of the molecule is CC1CCCCN1c1ccc([C@@H](C)N)cc1Br. The molecule has 1 heterocycles. The van der Waals surface area contributed by atoms with Crippen molar-refractivity contribution in [2.24, 2.45) is 5.73 Å². The second-order valence-corrected chi connectivity index (χ2v) is 5.89. The second-order valence-electron chi connectivity index (χ2n) is 5.04. The van der Waals surface area contributed by atoms with Crippen molar-refractivity contribution >= 4 is 21.6 Å². The number of piperidine rings is 1. The van der Waals surface area contributed by atoms with Crippen LogP contribution in [0, 0.1) is 0 Å². The fraction of sp³-hybridized carbons (Fsp3) is 0.571. The Bertz CT molecular complexity index is 390. The lowest BCUT2D eigenvalue weighted by molar-refractivity contribution is 0.484. The van der Waals surface area contributed by atoms with E-state index in [0.29, 0.717) is 6.04 Å². The van der Waals surface area contributed by atoms with Crippen LogP contribution >= 0.6 is 15.9 Å². The summed E-state index contributed by atoms with van der Waals surface area (Å²) in [6.07, 6.45) is 3.94. The van der Waals surface area contributed by atoms with Crippen LogP contribution in [0.25, 0.3) is 0 Å². The van der Waals surface area contributed by atoms with Gasteiger partial charge < -0.3 is 10.6 Å². The molecule has 2 N–H and O–H groups in total. The Kier molecular flexibility index (Phi) is 4.10. The Morgan fingerprint density at radius 2 is 2.18 bits per heavy atom. The molecule has 1 aliphatic heterocycles. The topological polar surface area (TPSA) is 29.3 Å². The summed E-state index contributed by atoms with van der Waals surface area (Å²) < 4.78 is 1.17. The highest BCUT2D eigenvalue weighted by atomic mass is 79.9. The van der Waals surface area contributed by atoms with Crippen LogP contribution in [0.1, 0.15) is 44.7 Å². The lowest BCUT2D eigenvalue weighted by Crippen LogP contribution is -2.37. The number of rotatable bonds is 2. The molecule has 1 saturated heterocycles. The molecule has 0 radical (unpaired) electrons. The van der Waals surface area contributed by atoms with Gasteiger partial charge in [-0.2, -0.15) is 0 Å². The number of anilines is 1. The van der Waals surface area contributed by atoms with Crippen molar-refractivity contribution in [1.29, 1.82) is 0 Å². The van der Waals surface area contributed by atoms with Crippen LogP contribution in [0.4, 0.5) is 5.69 Å². The first-order chi connectivity index (χ1) is 8.09. The average molecular weight is 297 g/mol. The highest BCUT2D eigenvalue weighted by Gasteiger charge is 2.20. The fourth-order valence-corrected chi connectivity index (χ4v) is 3.12. The normalized spacial score (nSPS) is 22.6. The van der Waals surface area contributed by atoms with Gasteiger partial charge in [-0.05, 0) is 66.7 Å². The van der Waals surface area contributed by atoms with Crippen molar-refractivity contribution in [3.63, 3.8) is 0 Å². The van der Waals surface area contributed by atoms with E-state index in [1.165, 1.54) is 35.0 Å². The van der Waals surface area contributed by atoms with Crippen molar-refractivity contribution < 1.29 is 0 Å². The monoisotopic (exact) mass is 296 g/mol. The molecule has 0 aromatic heterocycles. The second kappa shape index (κ2) is 5.40. The summed E-state index contributed by atoms with van der Waals surface area (Å²) in [4.78, 5) is 2.50. The highest BCUT2D eigenvalue weighted by molar-refractivity contribution is 9.10. The summed E-state index contributed by atoms with van der Waals surface area (Å²) in [5.74, 6) is 0. The molecule has 94 valence electrons. The molecule has 1 unspecified atom stereocenters. The molecule has 2 atom stereocenters. The highest BCUT2D eigenvalue weighted by Crippen LogP contribution is 2.32. The maximum atomic E-state index is 5.90. The van der Waals surface area contributed by atoms with E-state index in [1.807, 2.05) is 6.92 Å². The van der Waals surface area contributed by atoms with Gasteiger partial charge in [0, 0.05) is 23.1 Å². The van der Waals surface area contributed by atoms with Crippen LogP contribution in [0.2, 0.25) is 0 Å². The number of hydrogen-bond donors (Lipinski definition) is 1. The van der Waals surface area contributed by atoms with E-state index in [-0.39, 0.29) is 6.04 Å². The number of hydrogen-bond acceptors (Lipinski definition) is 2. The molecule has 0 aliphatic carbocycles. The van der Waals surface area contributed by atoms with E-state index in [0.717, 1.165) is 6.54 Å². The van der Waals surface area contributed by atoms with Crippen molar-refractivity contribution in [3.05, 3.63) is 28.2 Å². The van der Waals surface area contributed by atoms with E-state index in [4.69, 9.17) is 5.73 Å². The smallest absolute Gasteiger partial charge is 0.0513 e. The standard InChI is InChI=1S/C14H21BrN2/c1-10-5-3-4-8-17(10)14-7-6-12(11(2)16)9-13(14)15/h6-7,9-11H,3-5,8,16H2,1-2H3/t10?,11-/m1/s1. The van der Waals surface area contributed by atoms with Crippen LogP contribution in [-0.4, -0.2) is 12.6 Å². The molecule has 17 heavy (non-hydrogen) atoms. The summed E-state index contributed by atoms with van der Waals surface area (Å²) in [6.45, 7) is 5.49. The molecule has 0 saturated carbocycles. The molecule has 0 spiro atoms. The van der Waals surface area contributed by atoms with Crippen molar-refractivity contribution in [1.82, 2.24) is 0 Å². The molecule has 0 amide bonds. The molecule has 1 aliphatic rings. The Morgan fingerprint density at radius 3 is 2.76 bits per heavy atom. The predicted molar refractivity (Wildman–Crippen MR) is 77.4 cm³/mol. The maximum absolute atomic E-state index is 5.90. The van der Waals surface area contributed by atoms with Crippen LogP contribution in [-0.2, 0) is 0 Å². The van der Waals surface area contributed by atoms with Gasteiger partial charge in [-0.15, -0.1) is 0 Å². The Balaban J connectivity index is 2.26. The van der Waals surface area contributed by atoms with Crippen LogP contribution in [0.15, 0.2) is 22.7 Å². The molecule has 1 aromatic carbocycles. The van der Waals surface area contributed by atoms with Crippen molar-refractivity contribution in [2.45, 2.75) is 45.2 Å². The molecule has 1 aromatic rings. The van der Waals surface area contributed by atoms with E-state index in [1.54, 1.807) is 0 Å². The van der Waals surface area contributed by atoms with Crippen LogP contribution < -0.4 is 10.6 Å². The Morgan fingerprint density at radius 1 is 1.41 bits per heavy atom. The summed E-state index contributed by atoms with van der Waals surface area (Å²) in [5, 5.41) is 0. The Hall–Kier alpha value is -0.540. The molecule has 2 nitrogen and oxygen atoms in total. The number of benzene rings is 1. The third-order valence-corrected chi connectivity index (χ3v) is 4.25. The minimum atomic E-state index is 0.0964.